The molecule has 0 aromatic heterocycles. The molecule has 2 rings (SSSR count). The van der Waals surface area contributed by atoms with Crippen LogP contribution in [-0.4, -0.2) is 18.2 Å². The van der Waals surface area contributed by atoms with E-state index in [2.05, 4.69) is 5.32 Å². The lowest BCUT2D eigenvalue weighted by atomic mass is 9.85. The molecular formula is C14H17NO2. The molecule has 3 nitrogen and oxygen atoms in total. The third-order valence-corrected chi connectivity index (χ3v) is 3.35. The molecule has 1 aromatic rings. The van der Waals surface area contributed by atoms with Crippen molar-refractivity contribution in [3.05, 3.63) is 35.9 Å². The Kier molecular flexibility index (Phi) is 3.91. The summed E-state index contributed by atoms with van der Waals surface area (Å²) in [5, 5.41) is 2.97. The van der Waals surface area contributed by atoms with Gasteiger partial charge >= 0.3 is 0 Å². The van der Waals surface area contributed by atoms with Crippen LogP contribution in [0.5, 0.6) is 0 Å². The summed E-state index contributed by atoms with van der Waals surface area (Å²) in [5.41, 5.74) is 0.655. The SMILES string of the molecule is O=C[C@H]1CCCC[C@H]1NC(=O)c1ccccc1. The van der Waals surface area contributed by atoms with Crippen molar-refractivity contribution in [3.63, 3.8) is 0 Å². The van der Waals surface area contributed by atoms with E-state index in [-0.39, 0.29) is 17.9 Å². The Morgan fingerprint density at radius 1 is 1.18 bits per heavy atom. The summed E-state index contributed by atoms with van der Waals surface area (Å²) in [6.45, 7) is 0. The summed E-state index contributed by atoms with van der Waals surface area (Å²) in [7, 11) is 0. The average Bonchev–Trinajstić information content (AvgIpc) is 2.40. The largest absolute Gasteiger partial charge is 0.349 e. The molecule has 1 fully saturated rings. The van der Waals surface area contributed by atoms with Gasteiger partial charge in [0.05, 0.1) is 0 Å². The van der Waals surface area contributed by atoms with E-state index in [1.54, 1.807) is 12.1 Å². The zero-order valence-corrected chi connectivity index (χ0v) is 9.76. The topological polar surface area (TPSA) is 46.2 Å². The van der Waals surface area contributed by atoms with Crippen LogP contribution in [0.15, 0.2) is 30.3 Å². The molecular weight excluding hydrogens is 214 g/mol. The molecule has 0 spiro atoms. The molecule has 1 aliphatic rings. The minimum Gasteiger partial charge on any atom is -0.349 e. The molecule has 1 aliphatic carbocycles. The summed E-state index contributed by atoms with van der Waals surface area (Å²) >= 11 is 0. The minimum absolute atomic E-state index is 0.00829. The first-order valence-electron chi connectivity index (χ1n) is 6.12. The van der Waals surface area contributed by atoms with Gasteiger partial charge in [-0.15, -0.1) is 0 Å². The van der Waals surface area contributed by atoms with Gasteiger partial charge in [0.2, 0.25) is 0 Å². The standard InChI is InChI=1S/C14H17NO2/c16-10-12-8-4-5-9-13(12)15-14(17)11-6-2-1-3-7-11/h1-3,6-7,10,12-13H,4-5,8-9H2,(H,15,17)/t12-,13-/m1/s1. The summed E-state index contributed by atoms with van der Waals surface area (Å²) < 4.78 is 0. The third kappa shape index (κ3) is 2.93. The van der Waals surface area contributed by atoms with Crippen LogP contribution in [0.1, 0.15) is 36.0 Å². The third-order valence-electron chi connectivity index (χ3n) is 3.35. The highest BCUT2D eigenvalue weighted by Gasteiger charge is 2.26. The summed E-state index contributed by atoms with van der Waals surface area (Å²) in [5.74, 6) is -0.0965. The van der Waals surface area contributed by atoms with Crippen LogP contribution in [0.2, 0.25) is 0 Å². The maximum Gasteiger partial charge on any atom is 0.251 e. The molecule has 90 valence electrons. The fourth-order valence-electron chi connectivity index (χ4n) is 2.34. The summed E-state index contributed by atoms with van der Waals surface area (Å²) in [6.07, 6.45) is 4.95. The number of aldehydes is 1. The molecule has 0 unspecified atom stereocenters. The highest BCUT2D eigenvalue weighted by Crippen LogP contribution is 2.23. The van der Waals surface area contributed by atoms with Gasteiger partial charge in [-0.25, -0.2) is 0 Å². The van der Waals surface area contributed by atoms with Crippen LogP contribution in [-0.2, 0) is 4.79 Å². The van der Waals surface area contributed by atoms with Gasteiger partial charge < -0.3 is 10.1 Å². The first-order chi connectivity index (χ1) is 8.31. The van der Waals surface area contributed by atoms with E-state index in [9.17, 15) is 9.59 Å². The van der Waals surface area contributed by atoms with Gasteiger partial charge in [-0.05, 0) is 25.0 Å². The molecule has 0 aliphatic heterocycles. The second kappa shape index (κ2) is 5.62. The van der Waals surface area contributed by atoms with Crippen LogP contribution in [0.3, 0.4) is 0 Å². The van der Waals surface area contributed by atoms with Gasteiger partial charge in [0.15, 0.2) is 0 Å². The van der Waals surface area contributed by atoms with E-state index >= 15 is 0 Å². The van der Waals surface area contributed by atoms with Gasteiger partial charge in [-0.1, -0.05) is 31.0 Å². The van der Waals surface area contributed by atoms with Gasteiger partial charge in [-0.3, -0.25) is 4.79 Å². The Hall–Kier alpha value is -1.64. The van der Waals surface area contributed by atoms with E-state index in [4.69, 9.17) is 0 Å². The Balaban J connectivity index is 2.00. The number of amides is 1. The van der Waals surface area contributed by atoms with E-state index in [1.807, 2.05) is 18.2 Å². The first kappa shape index (κ1) is 11.8. The number of carbonyl (C=O) groups excluding carboxylic acids is 2. The quantitative estimate of drug-likeness (QED) is 0.810. The Bertz CT molecular complexity index is 388. The van der Waals surface area contributed by atoms with Gasteiger partial charge in [0.1, 0.15) is 6.29 Å². The van der Waals surface area contributed by atoms with Crippen molar-refractivity contribution < 1.29 is 9.59 Å². The summed E-state index contributed by atoms with van der Waals surface area (Å²) in [6, 6.07) is 9.14. The van der Waals surface area contributed by atoms with Crippen LogP contribution in [0.25, 0.3) is 0 Å². The van der Waals surface area contributed by atoms with Crippen molar-refractivity contribution in [2.24, 2.45) is 5.92 Å². The van der Waals surface area contributed by atoms with Gasteiger partial charge in [0, 0.05) is 17.5 Å². The number of rotatable bonds is 3. The van der Waals surface area contributed by atoms with Crippen molar-refractivity contribution in [1.82, 2.24) is 5.32 Å². The van der Waals surface area contributed by atoms with Crippen molar-refractivity contribution in [2.45, 2.75) is 31.7 Å². The Morgan fingerprint density at radius 2 is 1.88 bits per heavy atom. The predicted molar refractivity (Wildman–Crippen MR) is 65.7 cm³/mol. The molecule has 0 radical (unpaired) electrons. The molecule has 1 N–H and O–H groups in total. The lowest BCUT2D eigenvalue weighted by Gasteiger charge is -2.28. The monoisotopic (exact) mass is 231 g/mol. The number of hydrogen-bond donors (Lipinski definition) is 1. The zero-order chi connectivity index (χ0) is 12.1. The number of hydrogen-bond acceptors (Lipinski definition) is 2. The van der Waals surface area contributed by atoms with E-state index in [0.717, 1.165) is 32.0 Å². The first-order valence-corrected chi connectivity index (χ1v) is 6.12. The van der Waals surface area contributed by atoms with Gasteiger partial charge in [-0.2, -0.15) is 0 Å². The normalized spacial score (nSPS) is 24.0. The highest BCUT2D eigenvalue weighted by atomic mass is 16.1. The average molecular weight is 231 g/mol. The zero-order valence-electron chi connectivity index (χ0n) is 9.76. The van der Waals surface area contributed by atoms with E-state index in [1.165, 1.54) is 0 Å². The molecule has 0 heterocycles. The van der Waals surface area contributed by atoms with Crippen LogP contribution < -0.4 is 5.32 Å². The van der Waals surface area contributed by atoms with E-state index in [0.29, 0.717) is 5.56 Å². The number of benzene rings is 1. The van der Waals surface area contributed by atoms with Crippen LogP contribution in [0, 0.1) is 5.92 Å². The highest BCUT2D eigenvalue weighted by molar-refractivity contribution is 5.94. The van der Waals surface area contributed by atoms with Crippen LogP contribution in [0.4, 0.5) is 0 Å². The Labute approximate surface area is 101 Å². The van der Waals surface area contributed by atoms with Gasteiger partial charge in [0.25, 0.3) is 5.91 Å². The molecule has 17 heavy (non-hydrogen) atoms. The maximum absolute atomic E-state index is 11.9. The van der Waals surface area contributed by atoms with Crippen molar-refractivity contribution in [3.8, 4) is 0 Å². The van der Waals surface area contributed by atoms with Crippen molar-refractivity contribution >= 4 is 12.2 Å². The van der Waals surface area contributed by atoms with Crippen molar-refractivity contribution in [2.75, 3.05) is 0 Å². The lowest BCUT2D eigenvalue weighted by Crippen LogP contribution is -2.42. The Morgan fingerprint density at radius 3 is 2.59 bits per heavy atom. The smallest absolute Gasteiger partial charge is 0.251 e. The molecule has 2 atom stereocenters. The fourth-order valence-corrected chi connectivity index (χ4v) is 2.34. The second-order valence-electron chi connectivity index (χ2n) is 4.53. The fraction of sp³-hybridized carbons (Fsp3) is 0.429. The number of nitrogens with one attached hydrogen (secondary N) is 1. The molecule has 0 saturated heterocycles. The maximum atomic E-state index is 11.9. The number of carbonyl (C=O) groups is 2. The molecule has 1 aromatic carbocycles. The predicted octanol–water partition coefficient (Wildman–Crippen LogP) is 2.17. The molecule has 1 saturated carbocycles. The molecule has 3 heteroatoms. The van der Waals surface area contributed by atoms with Crippen molar-refractivity contribution in [1.29, 1.82) is 0 Å². The minimum atomic E-state index is -0.0793. The molecule has 0 bridgehead atoms. The lowest BCUT2D eigenvalue weighted by molar-refractivity contribution is -0.112. The second-order valence-corrected chi connectivity index (χ2v) is 4.53. The molecule has 1 amide bonds. The van der Waals surface area contributed by atoms with Crippen LogP contribution >= 0.6 is 0 Å². The van der Waals surface area contributed by atoms with E-state index < -0.39 is 0 Å². The summed E-state index contributed by atoms with van der Waals surface area (Å²) in [4.78, 5) is 22.9.